The van der Waals surface area contributed by atoms with E-state index < -0.39 is 17.5 Å². The average Bonchev–Trinajstić information content (AvgIpc) is 2.88. The smallest absolute Gasteiger partial charge is 0.258 e. The molecule has 2 aromatic rings. The minimum Gasteiger partial charge on any atom is -0.317 e. The number of piperidine rings is 1. The van der Waals surface area contributed by atoms with E-state index in [1.54, 1.807) is 7.05 Å². The van der Waals surface area contributed by atoms with E-state index in [1.807, 2.05) is 0 Å². The van der Waals surface area contributed by atoms with Gasteiger partial charge in [-0.1, -0.05) is 0 Å². The summed E-state index contributed by atoms with van der Waals surface area (Å²) in [6.45, 7) is 1.82. The summed E-state index contributed by atoms with van der Waals surface area (Å²) < 4.78 is 27.9. The maximum Gasteiger partial charge on any atom is 0.258 e. The molecule has 1 aromatic carbocycles. The van der Waals surface area contributed by atoms with Crippen molar-refractivity contribution in [1.82, 2.24) is 20.1 Å². The molecule has 0 spiro atoms. The Bertz CT molecular complexity index is 704. The van der Waals surface area contributed by atoms with Crippen LogP contribution in [0, 0.1) is 11.6 Å². The van der Waals surface area contributed by atoms with Gasteiger partial charge in [-0.05, 0) is 38.1 Å². The van der Waals surface area contributed by atoms with Crippen molar-refractivity contribution in [3.63, 3.8) is 0 Å². The lowest BCUT2D eigenvalue weighted by atomic mass is 9.98. The van der Waals surface area contributed by atoms with Crippen LogP contribution in [0.25, 0.3) is 0 Å². The molecule has 0 unspecified atom stereocenters. The summed E-state index contributed by atoms with van der Waals surface area (Å²) in [7, 11) is 1.67. The normalized spacial score (nSPS) is 15.6. The van der Waals surface area contributed by atoms with Gasteiger partial charge in [-0.15, -0.1) is 0 Å². The minimum absolute atomic E-state index is 0.103. The molecule has 1 aliphatic rings. The molecule has 1 saturated heterocycles. The predicted molar refractivity (Wildman–Crippen MR) is 80.2 cm³/mol. The Morgan fingerprint density at radius 1 is 1.26 bits per heavy atom. The first-order valence-corrected chi connectivity index (χ1v) is 7.42. The lowest BCUT2D eigenvalue weighted by Crippen LogP contribution is -2.27. The molecule has 8 heteroatoms. The van der Waals surface area contributed by atoms with E-state index in [1.165, 1.54) is 4.68 Å². The van der Waals surface area contributed by atoms with Crippen molar-refractivity contribution in [1.29, 1.82) is 0 Å². The molecule has 0 radical (unpaired) electrons. The second-order valence-electron chi connectivity index (χ2n) is 5.55. The highest BCUT2D eigenvalue weighted by atomic mass is 19.1. The molecule has 3 rings (SSSR count). The number of nitrogens with zero attached hydrogens (tertiary/aromatic N) is 3. The minimum atomic E-state index is -0.802. The monoisotopic (exact) mass is 321 g/mol. The number of aryl methyl sites for hydroxylation is 1. The molecule has 1 fully saturated rings. The second kappa shape index (κ2) is 6.41. The van der Waals surface area contributed by atoms with Crippen molar-refractivity contribution in [2.45, 2.75) is 18.8 Å². The third-order valence-corrected chi connectivity index (χ3v) is 3.83. The number of hydrogen-bond acceptors (Lipinski definition) is 4. The molecular weight excluding hydrogens is 304 g/mol. The maximum absolute atomic E-state index is 13.2. The zero-order valence-electron chi connectivity index (χ0n) is 12.6. The van der Waals surface area contributed by atoms with Crippen molar-refractivity contribution in [3.05, 3.63) is 41.2 Å². The topological polar surface area (TPSA) is 71.8 Å². The SMILES string of the molecule is Cn1nc(C2CCNCC2)nc1NC(=O)c1cc(F)cc(F)c1. The van der Waals surface area contributed by atoms with E-state index in [0.29, 0.717) is 11.9 Å². The Kier molecular flexibility index (Phi) is 4.33. The van der Waals surface area contributed by atoms with Gasteiger partial charge in [0.1, 0.15) is 11.6 Å². The van der Waals surface area contributed by atoms with Crippen LogP contribution < -0.4 is 10.6 Å². The van der Waals surface area contributed by atoms with E-state index in [-0.39, 0.29) is 17.4 Å². The summed E-state index contributed by atoms with van der Waals surface area (Å²) in [5, 5.41) is 10.1. The van der Waals surface area contributed by atoms with Crippen molar-refractivity contribution in [2.24, 2.45) is 7.05 Å². The molecule has 2 N–H and O–H groups in total. The van der Waals surface area contributed by atoms with Gasteiger partial charge in [0.25, 0.3) is 5.91 Å². The number of amides is 1. The van der Waals surface area contributed by atoms with Crippen molar-refractivity contribution in [2.75, 3.05) is 18.4 Å². The number of rotatable bonds is 3. The van der Waals surface area contributed by atoms with Gasteiger partial charge >= 0.3 is 0 Å². The van der Waals surface area contributed by atoms with Crippen LogP contribution in [0.1, 0.15) is 34.9 Å². The number of aromatic nitrogens is 3. The van der Waals surface area contributed by atoms with Crippen LogP contribution in [0.4, 0.5) is 14.7 Å². The van der Waals surface area contributed by atoms with Crippen LogP contribution in [-0.4, -0.2) is 33.8 Å². The third kappa shape index (κ3) is 3.53. The highest BCUT2D eigenvalue weighted by molar-refractivity contribution is 6.03. The number of halogens is 2. The number of hydrogen-bond donors (Lipinski definition) is 2. The second-order valence-corrected chi connectivity index (χ2v) is 5.55. The van der Waals surface area contributed by atoms with Crippen LogP contribution in [-0.2, 0) is 7.05 Å². The van der Waals surface area contributed by atoms with Gasteiger partial charge in [0.05, 0.1) is 0 Å². The summed E-state index contributed by atoms with van der Waals surface area (Å²) in [5.41, 5.74) is -0.103. The number of carbonyl (C=O) groups is 1. The quantitative estimate of drug-likeness (QED) is 0.904. The van der Waals surface area contributed by atoms with Crippen molar-refractivity contribution >= 4 is 11.9 Å². The summed E-state index contributed by atoms with van der Waals surface area (Å²) in [6, 6.07) is 2.67. The van der Waals surface area contributed by atoms with Crippen LogP contribution >= 0.6 is 0 Å². The summed E-state index contributed by atoms with van der Waals surface area (Å²) >= 11 is 0. The predicted octanol–water partition coefficient (Wildman–Crippen LogP) is 1.81. The first kappa shape index (κ1) is 15.5. The first-order chi connectivity index (χ1) is 11.0. The van der Waals surface area contributed by atoms with Gasteiger partial charge in [0.15, 0.2) is 5.82 Å². The van der Waals surface area contributed by atoms with Gasteiger partial charge in [-0.2, -0.15) is 10.1 Å². The molecule has 6 nitrogen and oxygen atoms in total. The Morgan fingerprint density at radius 2 is 1.91 bits per heavy atom. The molecule has 0 saturated carbocycles. The highest BCUT2D eigenvalue weighted by Gasteiger charge is 2.21. The van der Waals surface area contributed by atoms with Crippen molar-refractivity contribution in [3.8, 4) is 0 Å². The van der Waals surface area contributed by atoms with Crippen LogP contribution in [0.2, 0.25) is 0 Å². The van der Waals surface area contributed by atoms with Gasteiger partial charge in [0.2, 0.25) is 5.95 Å². The number of anilines is 1. The van der Waals surface area contributed by atoms with Gasteiger partial charge in [-0.25, -0.2) is 13.5 Å². The Labute approximate surface area is 131 Å². The highest BCUT2D eigenvalue weighted by Crippen LogP contribution is 2.23. The fourth-order valence-corrected chi connectivity index (χ4v) is 2.62. The zero-order valence-corrected chi connectivity index (χ0v) is 12.6. The zero-order chi connectivity index (χ0) is 16.4. The average molecular weight is 321 g/mol. The largest absolute Gasteiger partial charge is 0.317 e. The molecule has 122 valence electrons. The standard InChI is InChI=1S/C15H17F2N5O/c1-22-15(19-13(21-22)9-2-4-18-5-3-9)20-14(23)10-6-11(16)8-12(17)7-10/h6-9,18H,2-5H2,1H3,(H,19,20,21,23). The number of carbonyl (C=O) groups excluding carboxylic acids is 1. The van der Waals surface area contributed by atoms with Crippen LogP contribution in [0.5, 0.6) is 0 Å². The maximum atomic E-state index is 13.2. The van der Waals surface area contributed by atoms with Gasteiger partial charge in [0, 0.05) is 24.6 Å². The Balaban J connectivity index is 1.77. The molecule has 0 atom stereocenters. The number of nitrogens with one attached hydrogen (secondary N) is 2. The molecule has 1 aliphatic heterocycles. The van der Waals surface area contributed by atoms with Gasteiger partial charge in [-0.3, -0.25) is 10.1 Å². The fraction of sp³-hybridized carbons (Fsp3) is 0.400. The van der Waals surface area contributed by atoms with E-state index in [2.05, 4.69) is 20.7 Å². The summed E-state index contributed by atoms with van der Waals surface area (Å²) in [6.07, 6.45) is 1.87. The lowest BCUT2D eigenvalue weighted by Gasteiger charge is -2.19. The molecule has 0 bridgehead atoms. The van der Waals surface area contributed by atoms with E-state index in [0.717, 1.165) is 38.1 Å². The van der Waals surface area contributed by atoms with E-state index in [4.69, 9.17) is 0 Å². The first-order valence-electron chi connectivity index (χ1n) is 7.42. The fourth-order valence-electron chi connectivity index (χ4n) is 2.62. The molecule has 1 amide bonds. The summed E-state index contributed by atoms with van der Waals surface area (Å²) in [5.74, 6) is -1.05. The van der Waals surface area contributed by atoms with E-state index >= 15 is 0 Å². The van der Waals surface area contributed by atoms with Gasteiger partial charge < -0.3 is 5.32 Å². The Morgan fingerprint density at radius 3 is 2.57 bits per heavy atom. The van der Waals surface area contributed by atoms with Crippen LogP contribution in [0.3, 0.4) is 0 Å². The molecule has 1 aromatic heterocycles. The molecular formula is C15H17F2N5O. The molecule has 0 aliphatic carbocycles. The van der Waals surface area contributed by atoms with Crippen LogP contribution in [0.15, 0.2) is 18.2 Å². The lowest BCUT2D eigenvalue weighted by molar-refractivity contribution is 0.102. The third-order valence-electron chi connectivity index (χ3n) is 3.83. The molecule has 2 heterocycles. The summed E-state index contributed by atoms with van der Waals surface area (Å²) in [4.78, 5) is 16.5. The Hall–Kier alpha value is -2.35. The van der Waals surface area contributed by atoms with Crippen molar-refractivity contribution < 1.29 is 13.6 Å². The number of benzene rings is 1. The van der Waals surface area contributed by atoms with E-state index in [9.17, 15) is 13.6 Å². The molecule has 23 heavy (non-hydrogen) atoms.